The molecule has 118 valence electrons. The molecule has 2 rings (SSSR count). The average molecular weight is 294 g/mol. The normalized spacial score (nSPS) is 24.6. The molecule has 1 saturated heterocycles. The van der Waals surface area contributed by atoms with Crippen molar-refractivity contribution >= 4 is 0 Å². The number of hydrogen-bond donors (Lipinski definition) is 1. The molecular formula is C16H26N2O3. The summed E-state index contributed by atoms with van der Waals surface area (Å²) >= 11 is 0. The van der Waals surface area contributed by atoms with Gasteiger partial charge in [0.1, 0.15) is 0 Å². The number of nitrogens with two attached hydrogens (primary N) is 1. The van der Waals surface area contributed by atoms with Gasteiger partial charge in [-0.25, -0.2) is 0 Å². The average Bonchev–Trinajstić information content (AvgIpc) is 2.45. The molecule has 1 heterocycles. The van der Waals surface area contributed by atoms with Gasteiger partial charge in [-0.15, -0.1) is 0 Å². The van der Waals surface area contributed by atoms with Crippen LogP contribution in [0.3, 0.4) is 0 Å². The quantitative estimate of drug-likeness (QED) is 0.897. The summed E-state index contributed by atoms with van der Waals surface area (Å²) in [4.78, 5) is 2.36. The zero-order valence-electron chi connectivity index (χ0n) is 13.3. The predicted molar refractivity (Wildman–Crippen MR) is 82.9 cm³/mol. The first-order valence-electron chi connectivity index (χ1n) is 7.38. The SMILES string of the molecule is COc1ccc(C(N)CN2C[C@@H](C)O[C@@H](C)C2)cc1OC. The highest BCUT2D eigenvalue weighted by Gasteiger charge is 2.24. The van der Waals surface area contributed by atoms with Crippen LogP contribution in [-0.2, 0) is 4.74 Å². The molecule has 1 aliphatic rings. The third kappa shape index (κ3) is 4.09. The Morgan fingerprint density at radius 2 is 1.81 bits per heavy atom. The van der Waals surface area contributed by atoms with Crippen LogP contribution < -0.4 is 15.2 Å². The van der Waals surface area contributed by atoms with Crippen LogP contribution in [0.5, 0.6) is 11.5 Å². The minimum Gasteiger partial charge on any atom is -0.493 e. The summed E-state index contributed by atoms with van der Waals surface area (Å²) in [6.07, 6.45) is 0.512. The van der Waals surface area contributed by atoms with E-state index in [1.165, 1.54) is 0 Å². The van der Waals surface area contributed by atoms with Gasteiger partial charge in [-0.05, 0) is 31.5 Å². The summed E-state index contributed by atoms with van der Waals surface area (Å²) in [6, 6.07) is 5.80. The number of benzene rings is 1. The Bertz CT molecular complexity index is 457. The van der Waals surface area contributed by atoms with Crippen molar-refractivity contribution in [1.29, 1.82) is 0 Å². The zero-order chi connectivity index (χ0) is 15.4. The van der Waals surface area contributed by atoms with E-state index in [0.717, 1.165) is 30.9 Å². The lowest BCUT2D eigenvalue weighted by molar-refractivity contribution is -0.0691. The molecule has 1 fully saturated rings. The molecule has 3 atom stereocenters. The molecule has 21 heavy (non-hydrogen) atoms. The van der Waals surface area contributed by atoms with Gasteiger partial charge in [0.25, 0.3) is 0 Å². The molecule has 0 aliphatic carbocycles. The predicted octanol–water partition coefficient (Wildman–Crippen LogP) is 1.81. The van der Waals surface area contributed by atoms with Crippen molar-refractivity contribution in [3.63, 3.8) is 0 Å². The maximum absolute atomic E-state index is 6.35. The van der Waals surface area contributed by atoms with E-state index in [2.05, 4.69) is 18.7 Å². The fourth-order valence-corrected chi connectivity index (χ4v) is 2.90. The van der Waals surface area contributed by atoms with E-state index in [0.29, 0.717) is 5.75 Å². The smallest absolute Gasteiger partial charge is 0.161 e. The lowest BCUT2D eigenvalue weighted by atomic mass is 10.1. The Hall–Kier alpha value is -1.30. The standard InChI is InChI=1S/C16H26N2O3/c1-11-8-18(9-12(2)21-11)10-14(17)13-5-6-15(19-3)16(7-13)20-4/h5-7,11-12,14H,8-10,17H2,1-4H3/t11-,12+,14?. The van der Waals surface area contributed by atoms with Crippen LogP contribution in [0.25, 0.3) is 0 Å². The third-order valence-electron chi connectivity index (χ3n) is 3.79. The van der Waals surface area contributed by atoms with E-state index >= 15 is 0 Å². The molecule has 0 aromatic heterocycles. The lowest BCUT2D eigenvalue weighted by Gasteiger charge is -2.36. The van der Waals surface area contributed by atoms with Crippen LogP contribution in [0.15, 0.2) is 18.2 Å². The fraction of sp³-hybridized carbons (Fsp3) is 0.625. The molecular weight excluding hydrogens is 268 g/mol. The summed E-state index contributed by atoms with van der Waals surface area (Å²) < 4.78 is 16.3. The molecule has 1 aromatic rings. The van der Waals surface area contributed by atoms with Gasteiger partial charge in [-0.2, -0.15) is 0 Å². The monoisotopic (exact) mass is 294 g/mol. The van der Waals surface area contributed by atoms with Crippen LogP contribution in [-0.4, -0.2) is 51.0 Å². The first-order chi connectivity index (χ1) is 10.0. The van der Waals surface area contributed by atoms with Crippen molar-refractivity contribution < 1.29 is 14.2 Å². The molecule has 0 saturated carbocycles. The zero-order valence-corrected chi connectivity index (χ0v) is 13.3. The molecule has 1 unspecified atom stereocenters. The van der Waals surface area contributed by atoms with Gasteiger partial charge < -0.3 is 19.9 Å². The lowest BCUT2D eigenvalue weighted by Crippen LogP contribution is -2.47. The van der Waals surface area contributed by atoms with E-state index < -0.39 is 0 Å². The molecule has 5 heteroatoms. The molecule has 1 aliphatic heterocycles. The van der Waals surface area contributed by atoms with Crippen molar-refractivity contribution in [1.82, 2.24) is 4.90 Å². The maximum Gasteiger partial charge on any atom is 0.161 e. The van der Waals surface area contributed by atoms with Gasteiger partial charge >= 0.3 is 0 Å². The Kier molecular flexibility index (Phi) is 5.45. The largest absolute Gasteiger partial charge is 0.493 e. The summed E-state index contributed by atoms with van der Waals surface area (Å²) in [5.41, 5.74) is 7.41. The van der Waals surface area contributed by atoms with Crippen LogP contribution in [0.4, 0.5) is 0 Å². The molecule has 0 amide bonds. The molecule has 5 nitrogen and oxygen atoms in total. The second kappa shape index (κ2) is 7.11. The van der Waals surface area contributed by atoms with Crippen LogP contribution in [0, 0.1) is 0 Å². The van der Waals surface area contributed by atoms with Gasteiger partial charge in [0.15, 0.2) is 11.5 Å². The first kappa shape index (κ1) is 16.1. The highest BCUT2D eigenvalue weighted by molar-refractivity contribution is 5.43. The van der Waals surface area contributed by atoms with Crippen molar-refractivity contribution in [2.45, 2.75) is 32.1 Å². The van der Waals surface area contributed by atoms with Gasteiger partial charge in [0, 0.05) is 25.7 Å². The van der Waals surface area contributed by atoms with Crippen LogP contribution >= 0.6 is 0 Å². The highest BCUT2D eigenvalue weighted by Crippen LogP contribution is 2.29. The van der Waals surface area contributed by atoms with E-state index in [1.807, 2.05) is 18.2 Å². The second-order valence-electron chi connectivity index (χ2n) is 5.70. The fourth-order valence-electron chi connectivity index (χ4n) is 2.90. The number of nitrogens with zero attached hydrogens (tertiary/aromatic N) is 1. The molecule has 0 bridgehead atoms. The molecule has 0 spiro atoms. The number of rotatable bonds is 5. The Balaban J connectivity index is 2.04. The van der Waals surface area contributed by atoms with E-state index in [1.54, 1.807) is 14.2 Å². The maximum atomic E-state index is 6.35. The van der Waals surface area contributed by atoms with Crippen LogP contribution in [0.2, 0.25) is 0 Å². The second-order valence-corrected chi connectivity index (χ2v) is 5.70. The summed E-state index contributed by atoms with van der Waals surface area (Å²) in [7, 11) is 3.27. The Labute approximate surface area is 127 Å². The summed E-state index contributed by atoms with van der Waals surface area (Å²) in [6.45, 7) is 6.86. The molecule has 1 aromatic carbocycles. The van der Waals surface area contributed by atoms with Crippen molar-refractivity contribution in [3.8, 4) is 11.5 Å². The minimum atomic E-state index is -0.0534. The van der Waals surface area contributed by atoms with Crippen molar-refractivity contribution in [2.75, 3.05) is 33.9 Å². The summed E-state index contributed by atoms with van der Waals surface area (Å²) in [5, 5.41) is 0. The van der Waals surface area contributed by atoms with Gasteiger partial charge in [-0.3, -0.25) is 4.90 Å². The van der Waals surface area contributed by atoms with Gasteiger partial charge in [0.2, 0.25) is 0 Å². The van der Waals surface area contributed by atoms with Gasteiger partial charge in [0.05, 0.1) is 26.4 Å². The molecule has 2 N–H and O–H groups in total. The Morgan fingerprint density at radius 1 is 1.19 bits per heavy atom. The highest BCUT2D eigenvalue weighted by atomic mass is 16.5. The summed E-state index contributed by atoms with van der Waals surface area (Å²) in [5.74, 6) is 1.44. The van der Waals surface area contributed by atoms with E-state index in [9.17, 15) is 0 Å². The van der Waals surface area contributed by atoms with Crippen molar-refractivity contribution in [2.24, 2.45) is 5.73 Å². The van der Waals surface area contributed by atoms with Crippen molar-refractivity contribution in [3.05, 3.63) is 23.8 Å². The molecule has 0 radical (unpaired) electrons. The number of morpholine rings is 1. The van der Waals surface area contributed by atoms with E-state index in [4.69, 9.17) is 19.9 Å². The topological polar surface area (TPSA) is 57.0 Å². The van der Waals surface area contributed by atoms with Crippen LogP contribution in [0.1, 0.15) is 25.5 Å². The third-order valence-corrected chi connectivity index (χ3v) is 3.79. The van der Waals surface area contributed by atoms with E-state index in [-0.39, 0.29) is 18.2 Å². The number of ether oxygens (including phenoxy) is 3. The van der Waals surface area contributed by atoms with Gasteiger partial charge in [-0.1, -0.05) is 6.07 Å². The number of hydrogen-bond acceptors (Lipinski definition) is 5. The Morgan fingerprint density at radius 3 is 2.38 bits per heavy atom. The first-order valence-corrected chi connectivity index (χ1v) is 7.38. The minimum absolute atomic E-state index is 0.0534. The number of methoxy groups -OCH3 is 2.